The number of esters is 1. The lowest BCUT2D eigenvalue weighted by Gasteiger charge is -2.14. The van der Waals surface area contributed by atoms with Crippen LogP contribution in [-0.2, 0) is 20.9 Å². The Bertz CT molecular complexity index is 476. The van der Waals surface area contributed by atoms with Crippen molar-refractivity contribution in [3.05, 3.63) is 35.9 Å². The maximum atomic E-state index is 11.9. The lowest BCUT2D eigenvalue weighted by molar-refractivity contribution is -0.187. The Kier molecular flexibility index (Phi) is 6.01. The molecular formula is C13H14F3NO4. The molecule has 1 amide bonds. The van der Waals surface area contributed by atoms with Crippen molar-refractivity contribution >= 4 is 12.1 Å². The van der Waals surface area contributed by atoms with Crippen molar-refractivity contribution in [1.82, 2.24) is 5.32 Å². The number of nitrogens with one attached hydrogen (secondary N) is 1. The molecule has 0 bridgehead atoms. The van der Waals surface area contributed by atoms with Crippen molar-refractivity contribution in [2.24, 2.45) is 0 Å². The molecule has 0 saturated carbocycles. The highest BCUT2D eigenvalue weighted by Crippen LogP contribution is 2.14. The highest BCUT2D eigenvalue weighted by Gasteiger charge is 2.31. The van der Waals surface area contributed by atoms with E-state index in [9.17, 15) is 22.8 Å². The van der Waals surface area contributed by atoms with Crippen molar-refractivity contribution in [2.75, 3.05) is 6.61 Å². The summed E-state index contributed by atoms with van der Waals surface area (Å²) in [6.07, 6.45) is -5.53. The van der Waals surface area contributed by atoms with Gasteiger partial charge in [-0.15, -0.1) is 0 Å². The van der Waals surface area contributed by atoms with Gasteiger partial charge in [-0.05, 0) is 12.5 Å². The largest absolute Gasteiger partial charge is 0.455 e. The number of alkyl halides is 3. The Morgan fingerprint density at radius 2 is 1.81 bits per heavy atom. The molecular weight excluding hydrogens is 291 g/mol. The second-order valence-electron chi connectivity index (χ2n) is 4.15. The van der Waals surface area contributed by atoms with E-state index >= 15 is 0 Å². The zero-order valence-electron chi connectivity index (χ0n) is 11.1. The summed E-state index contributed by atoms with van der Waals surface area (Å²) in [5.41, 5.74) is 0.736. The minimum Gasteiger partial charge on any atom is -0.455 e. The quantitative estimate of drug-likeness (QED) is 0.848. The molecule has 1 atom stereocenters. The van der Waals surface area contributed by atoms with E-state index in [0.717, 1.165) is 5.56 Å². The highest BCUT2D eigenvalue weighted by atomic mass is 19.4. The van der Waals surface area contributed by atoms with Crippen molar-refractivity contribution in [3.8, 4) is 0 Å². The predicted molar refractivity (Wildman–Crippen MR) is 66.2 cm³/mol. The Balaban J connectivity index is 2.31. The molecule has 0 heterocycles. The van der Waals surface area contributed by atoms with E-state index in [4.69, 9.17) is 4.74 Å². The molecule has 1 aromatic carbocycles. The van der Waals surface area contributed by atoms with Gasteiger partial charge in [-0.3, -0.25) is 0 Å². The Morgan fingerprint density at radius 1 is 1.19 bits per heavy atom. The van der Waals surface area contributed by atoms with Crippen molar-refractivity contribution in [3.63, 3.8) is 0 Å². The van der Waals surface area contributed by atoms with Gasteiger partial charge < -0.3 is 14.8 Å². The summed E-state index contributed by atoms with van der Waals surface area (Å²) in [4.78, 5) is 22.6. The number of amides is 1. The van der Waals surface area contributed by atoms with Crippen LogP contribution in [-0.4, -0.2) is 30.9 Å². The van der Waals surface area contributed by atoms with Gasteiger partial charge in [0.05, 0.1) is 0 Å². The van der Waals surface area contributed by atoms with Crippen LogP contribution in [0.3, 0.4) is 0 Å². The number of ether oxygens (including phenoxy) is 2. The molecule has 1 rings (SSSR count). The molecule has 116 valence electrons. The predicted octanol–water partition coefficient (Wildman–Crippen LogP) is 2.41. The number of hydrogen-bond acceptors (Lipinski definition) is 4. The normalized spacial score (nSPS) is 12.4. The zero-order chi connectivity index (χ0) is 15.9. The smallest absolute Gasteiger partial charge is 0.422 e. The zero-order valence-corrected chi connectivity index (χ0v) is 11.1. The standard InChI is InChI=1S/C13H14F3NO4/c1-9(11(18)21-8-13(14,15)16)17-12(19)20-7-10-5-3-2-4-6-10/h2-6,9H,7-8H2,1H3,(H,17,19). The Hall–Kier alpha value is -2.25. The van der Waals surface area contributed by atoms with Crippen LogP contribution in [0.5, 0.6) is 0 Å². The molecule has 1 aromatic rings. The molecule has 1 unspecified atom stereocenters. The minimum atomic E-state index is -4.61. The molecule has 1 N–H and O–H groups in total. The summed E-state index contributed by atoms with van der Waals surface area (Å²) >= 11 is 0. The number of hydrogen-bond donors (Lipinski definition) is 1. The Morgan fingerprint density at radius 3 is 2.38 bits per heavy atom. The Labute approximate surface area is 119 Å². The van der Waals surface area contributed by atoms with E-state index in [-0.39, 0.29) is 6.61 Å². The van der Waals surface area contributed by atoms with E-state index in [2.05, 4.69) is 10.1 Å². The fraction of sp³-hybridized carbons (Fsp3) is 0.385. The van der Waals surface area contributed by atoms with Gasteiger partial charge in [0.25, 0.3) is 0 Å². The third-order valence-electron chi connectivity index (χ3n) is 2.28. The molecule has 0 aromatic heterocycles. The van der Waals surface area contributed by atoms with Crippen LogP contribution in [0, 0.1) is 0 Å². The summed E-state index contributed by atoms with van der Waals surface area (Å²) in [6.45, 7) is -0.517. The molecule has 0 aliphatic rings. The number of carbonyl (C=O) groups is 2. The average molecular weight is 305 g/mol. The third-order valence-corrected chi connectivity index (χ3v) is 2.28. The maximum absolute atomic E-state index is 11.9. The van der Waals surface area contributed by atoms with Crippen molar-refractivity contribution in [2.45, 2.75) is 25.7 Å². The van der Waals surface area contributed by atoms with E-state index < -0.39 is 30.9 Å². The summed E-state index contributed by atoms with van der Waals surface area (Å²) < 4.78 is 44.4. The van der Waals surface area contributed by atoms with Gasteiger partial charge in [0, 0.05) is 0 Å². The molecule has 8 heteroatoms. The molecule has 0 radical (unpaired) electrons. The molecule has 5 nitrogen and oxygen atoms in total. The topological polar surface area (TPSA) is 64.6 Å². The fourth-order valence-corrected chi connectivity index (χ4v) is 1.28. The van der Waals surface area contributed by atoms with Gasteiger partial charge >= 0.3 is 18.2 Å². The second kappa shape index (κ2) is 7.51. The fourth-order valence-electron chi connectivity index (χ4n) is 1.28. The molecule has 21 heavy (non-hydrogen) atoms. The molecule has 0 aliphatic carbocycles. The lowest BCUT2D eigenvalue weighted by atomic mass is 10.2. The van der Waals surface area contributed by atoms with Crippen molar-refractivity contribution in [1.29, 1.82) is 0 Å². The van der Waals surface area contributed by atoms with Gasteiger partial charge in [0.2, 0.25) is 0 Å². The summed E-state index contributed by atoms with van der Waals surface area (Å²) in [5.74, 6) is -1.19. The first-order chi connectivity index (χ1) is 9.78. The van der Waals surface area contributed by atoms with Crippen LogP contribution in [0.1, 0.15) is 12.5 Å². The van der Waals surface area contributed by atoms with Crippen LogP contribution >= 0.6 is 0 Å². The summed E-state index contributed by atoms with van der Waals surface area (Å²) in [6, 6.07) is 7.53. The van der Waals surface area contributed by atoms with Crippen LogP contribution in [0.25, 0.3) is 0 Å². The SMILES string of the molecule is CC(NC(=O)OCc1ccccc1)C(=O)OCC(F)(F)F. The summed E-state index contributed by atoms with van der Waals surface area (Å²) in [5, 5.41) is 2.08. The molecule has 0 aliphatic heterocycles. The van der Waals surface area contributed by atoms with E-state index in [0.29, 0.717) is 0 Å². The van der Waals surface area contributed by atoms with Crippen LogP contribution in [0.15, 0.2) is 30.3 Å². The minimum absolute atomic E-state index is 0.0169. The van der Waals surface area contributed by atoms with E-state index in [1.54, 1.807) is 30.3 Å². The van der Waals surface area contributed by atoms with Gasteiger partial charge in [-0.1, -0.05) is 30.3 Å². The van der Waals surface area contributed by atoms with Crippen molar-refractivity contribution < 1.29 is 32.2 Å². The first-order valence-electron chi connectivity index (χ1n) is 5.98. The third kappa shape index (κ3) is 7.19. The van der Waals surface area contributed by atoms with Crippen LogP contribution in [0.2, 0.25) is 0 Å². The van der Waals surface area contributed by atoms with Gasteiger partial charge in [-0.25, -0.2) is 9.59 Å². The number of alkyl carbamates (subject to hydrolysis) is 1. The monoisotopic (exact) mass is 305 g/mol. The first kappa shape index (κ1) is 16.8. The maximum Gasteiger partial charge on any atom is 0.422 e. The molecule has 0 spiro atoms. The number of benzene rings is 1. The lowest BCUT2D eigenvalue weighted by Crippen LogP contribution is -2.40. The number of halogens is 3. The van der Waals surface area contributed by atoms with E-state index in [1.165, 1.54) is 6.92 Å². The van der Waals surface area contributed by atoms with Gasteiger partial charge in [-0.2, -0.15) is 13.2 Å². The molecule has 0 saturated heterocycles. The average Bonchev–Trinajstić information content (AvgIpc) is 2.42. The number of rotatable bonds is 5. The van der Waals surface area contributed by atoms with Crippen LogP contribution < -0.4 is 5.32 Å². The number of carbonyl (C=O) groups excluding carboxylic acids is 2. The molecule has 0 fully saturated rings. The first-order valence-corrected chi connectivity index (χ1v) is 5.98. The van der Waals surface area contributed by atoms with Gasteiger partial charge in [0.15, 0.2) is 6.61 Å². The second-order valence-corrected chi connectivity index (χ2v) is 4.15. The van der Waals surface area contributed by atoms with E-state index in [1.807, 2.05) is 0 Å². The van der Waals surface area contributed by atoms with Crippen LogP contribution in [0.4, 0.5) is 18.0 Å². The highest BCUT2D eigenvalue weighted by molar-refractivity contribution is 5.80. The summed E-state index contributed by atoms with van der Waals surface area (Å²) in [7, 11) is 0. The van der Waals surface area contributed by atoms with Gasteiger partial charge in [0.1, 0.15) is 12.6 Å².